The molecule has 1 aliphatic heterocycles. The first-order chi connectivity index (χ1) is 4.77. The maximum atomic E-state index is 5.96. The number of fused-ring (bicyclic) bond motifs is 1. The Hall–Kier alpha value is -0.0800. The standard InChI is InChI=1S/C8H16N2/c1-10-4-6-2-3-8(9)7(6)5-10/h6-8H,2-5,9H2,1H3/t6?,7?,8-/m1/s1. The van der Waals surface area contributed by atoms with E-state index in [1.165, 1.54) is 25.9 Å². The zero-order chi connectivity index (χ0) is 7.14. The summed E-state index contributed by atoms with van der Waals surface area (Å²) in [5.74, 6) is 1.75. The highest BCUT2D eigenvalue weighted by Crippen LogP contribution is 2.36. The van der Waals surface area contributed by atoms with Gasteiger partial charge in [-0.3, -0.25) is 0 Å². The van der Waals surface area contributed by atoms with E-state index >= 15 is 0 Å². The van der Waals surface area contributed by atoms with Gasteiger partial charge in [0.2, 0.25) is 0 Å². The van der Waals surface area contributed by atoms with Crippen molar-refractivity contribution in [2.75, 3.05) is 20.1 Å². The van der Waals surface area contributed by atoms with Crippen LogP contribution in [0.15, 0.2) is 0 Å². The molecule has 0 spiro atoms. The molecule has 2 N–H and O–H groups in total. The Kier molecular flexibility index (Phi) is 1.46. The number of nitrogens with two attached hydrogens (primary N) is 1. The molecule has 0 bridgehead atoms. The fourth-order valence-corrected chi connectivity index (χ4v) is 2.53. The van der Waals surface area contributed by atoms with Crippen LogP contribution in [0.5, 0.6) is 0 Å². The monoisotopic (exact) mass is 140 g/mol. The van der Waals surface area contributed by atoms with Crippen molar-refractivity contribution in [3.63, 3.8) is 0 Å². The van der Waals surface area contributed by atoms with Crippen molar-refractivity contribution in [2.45, 2.75) is 18.9 Å². The second-order valence-electron chi connectivity index (χ2n) is 3.89. The molecule has 0 aromatic carbocycles. The summed E-state index contributed by atoms with van der Waals surface area (Å²) in [4.78, 5) is 2.41. The van der Waals surface area contributed by atoms with Crippen molar-refractivity contribution >= 4 is 0 Å². The molecule has 0 aromatic rings. The van der Waals surface area contributed by atoms with Crippen LogP contribution in [-0.4, -0.2) is 31.1 Å². The van der Waals surface area contributed by atoms with Gasteiger partial charge in [0.1, 0.15) is 0 Å². The zero-order valence-corrected chi connectivity index (χ0v) is 6.59. The van der Waals surface area contributed by atoms with Crippen LogP contribution in [-0.2, 0) is 0 Å². The summed E-state index contributed by atoms with van der Waals surface area (Å²) in [6, 6.07) is 0.509. The molecular formula is C8H16N2. The molecule has 3 atom stereocenters. The lowest BCUT2D eigenvalue weighted by Crippen LogP contribution is -2.29. The fourth-order valence-electron chi connectivity index (χ4n) is 2.53. The number of hydrogen-bond donors (Lipinski definition) is 1. The Morgan fingerprint density at radius 1 is 1.30 bits per heavy atom. The molecule has 2 aliphatic rings. The average Bonchev–Trinajstić information content (AvgIpc) is 2.35. The van der Waals surface area contributed by atoms with E-state index in [4.69, 9.17) is 5.73 Å². The Bertz CT molecular complexity index is 135. The summed E-state index contributed by atoms with van der Waals surface area (Å²) in [5, 5.41) is 0. The molecule has 0 aromatic heterocycles. The third-order valence-electron chi connectivity index (χ3n) is 3.09. The molecule has 2 nitrogen and oxygen atoms in total. The van der Waals surface area contributed by atoms with Crippen LogP contribution in [0.1, 0.15) is 12.8 Å². The Labute approximate surface area is 62.4 Å². The SMILES string of the molecule is CN1CC2CC[C@@H](N)C2C1. The summed E-state index contributed by atoms with van der Waals surface area (Å²) in [7, 11) is 2.20. The van der Waals surface area contributed by atoms with Gasteiger partial charge in [0, 0.05) is 19.1 Å². The van der Waals surface area contributed by atoms with Crippen molar-refractivity contribution in [3.05, 3.63) is 0 Å². The van der Waals surface area contributed by atoms with E-state index in [0.29, 0.717) is 6.04 Å². The Balaban J connectivity index is 2.05. The van der Waals surface area contributed by atoms with E-state index in [2.05, 4.69) is 11.9 Å². The highest BCUT2D eigenvalue weighted by molar-refractivity contribution is 4.94. The molecular weight excluding hydrogens is 124 g/mol. The van der Waals surface area contributed by atoms with Gasteiger partial charge in [-0.25, -0.2) is 0 Å². The van der Waals surface area contributed by atoms with Crippen LogP contribution in [0.25, 0.3) is 0 Å². The summed E-state index contributed by atoms with van der Waals surface area (Å²) in [5.41, 5.74) is 5.96. The minimum Gasteiger partial charge on any atom is -0.327 e. The van der Waals surface area contributed by atoms with E-state index in [1.807, 2.05) is 0 Å². The first-order valence-electron chi connectivity index (χ1n) is 4.21. The third kappa shape index (κ3) is 0.867. The minimum atomic E-state index is 0.509. The summed E-state index contributed by atoms with van der Waals surface area (Å²) < 4.78 is 0. The largest absolute Gasteiger partial charge is 0.327 e. The lowest BCUT2D eigenvalue weighted by atomic mass is 9.98. The smallest absolute Gasteiger partial charge is 0.00826 e. The van der Waals surface area contributed by atoms with E-state index in [-0.39, 0.29) is 0 Å². The van der Waals surface area contributed by atoms with Crippen molar-refractivity contribution in [1.29, 1.82) is 0 Å². The molecule has 2 rings (SSSR count). The quantitative estimate of drug-likeness (QED) is 0.524. The van der Waals surface area contributed by atoms with E-state index in [0.717, 1.165) is 11.8 Å². The molecule has 2 heteroatoms. The second kappa shape index (κ2) is 2.21. The van der Waals surface area contributed by atoms with E-state index in [9.17, 15) is 0 Å². The highest BCUT2D eigenvalue weighted by atomic mass is 15.1. The molecule has 1 aliphatic carbocycles. The van der Waals surface area contributed by atoms with Gasteiger partial charge >= 0.3 is 0 Å². The number of likely N-dealkylation sites (tertiary alicyclic amines) is 1. The van der Waals surface area contributed by atoms with Crippen LogP contribution < -0.4 is 5.73 Å². The van der Waals surface area contributed by atoms with Crippen molar-refractivity contribution in [3.8, 4) is 0 Å². The minimum absolute atomic E-state index is 0.509. The van der Waals surface area contributed by atoms with Crippen LogP contribution in [0.4, 0.5) is 0 Å². The Morgan fingerprint density at radius 3 is 2.80 bits per heavy atom. The predicted octanol–water partition coefficient (Wildman–Crippen LogP) is 0.285. The van der Waals surface area contributed by atoms with Crippen LogP contribution in [0.2, 0.25) is 0 Å². The molecule has 2 fully saturated rings. The summed E-state index contributed by atoms with van der Waals surface area (Å²) >= 11 is 0. The average molecular weight is 140 g/mol. The molecule has 0 radical (unpaired) electrons. The van der Waals surface area contributed by atoms with Gasteiger partial charge in [0.25, 0.3) is 0 Å². The molecule has 2 unspecified atom stereocenters. The van der Waals surface area contributed by atoms with Gasteiger partial charge in [-0.05, 0) is 31.7 Å². The van der Waals surface area contributed by atoms with Crippen molar-refractivity contribution in [2.24, 2.45) is 17.6 Å². The molecule has 0 amide bonds. The van der Waals surface area contributed by atoms with E-state index in [1.54, 1.807) is 0 Å². The second-order valence-corrected chi connectivity index (χ2v) is 3.89. The Morgan fingerprint density at radius 2 is 2.10 bits per heavy atom. The van der Waals surface area contributed by atoms with E-state index < -0.39 is 0 Å². The lowest BCUT2D eigenvalue weighted by molar-refractivity contribution is 0.368. The zero-order valence-electron chi connectivity index (χ0n) is 6.59. The molecule has 10 heavy (non-hydrogen) atoms. The van der Waals surface area contributed by atoms with Gasteiger partial charge in [0.05, 0.1) is 0 Å². The van der Waals surface area contributed by atoms with Gasteiger partial charge < -0.3 is 10.6 Å². The topological polar surface area (TPSA) is 29.3 Å². The molecule has 1 saturated heterocycles. The highest BCUT2D eigenvalue weighted by Gasteiger charge is 2.39. The third-order valence-corrected chi connectivity index (χ3v) is 3.09. The maximum Gasteiger partial charge on any atom is 0.00826 e. The summed E-state index contributed by atoms with van der Waals surface area (Å²) in [6.07, 6.45) is 2.64. The predicted molar refractivity (Wildman–Crippen MR) is 41.7 cm³/mol. The maximum absolute atomic E-state index is 5.96. The van der Waals surface area contributed by atoms with Crippen LogP contribution in [0, 0.1) is 11.8 Å². The normalized spacial score (nSPS) is 48.0. The molecule has 58 valence electrons. The van der Waals surface area contributed by atoms with Crippen LogP contribution in [0.3, 0.4) is 0 Å². The van der Waals surface area contributed by atoms with Gasteiger partial charge in [-0.15, -0.1) is 0 Å². The molecule has 1 saturated carbocycles. The number of rotatable bonds is 0. The van der Waals surface area contributed by atoms with Crippen molar-refractivity contribution < 1.29 is 0 Å². The van der Waals surface area contributed by atoms with Crippen molar-refractivity contribution in [1.82, 2.24) is 4.90 Å². The lowest BCUT2D eigenvalue weighted by Gasteiger charge is -2.12. The van der Waals surface area contributed by atoms with Gasteiger partial charge in [-0.2, -0.15) is 0 Å². The number of hydrogen-bond acceptors (Lipinski definition) is 2. The first kappa shape index (κ1) is 6.62. The summed E-state index contributed by atoms with van der Waals surface area (Å²) in [6.45, 7) is 2.53. The van der Waals surface area contributed by atoms with Gasteiger partial charge in [-0.1, -0.05) is 0 Å². The fraction of sp³-hybridized carbons (Fsp3) is 1.00. The molecule has 1 heterocycles. The van der Waals surface area contributed by atoms with Gasteiger partial charge in [0.15, 0.2) is 0 Å². The first-order valence-corrected chi connectivity index (χ1v) is 4.21. The van der Waals surface area contributed by atoms with Crippen LogP contribution >= 0.6 is 0 Å². The number of nitrogens with zero attached hydrogens (tertiary/aromatic N) is 1.